The van der Waals surface area contributed by atoms with Gasteiger partial charge in [0.05, 0.1) is 0 Å². The van der Waals surface area contributed by atoms with Crippen LogP contribution in [0.3, 0.4) is 0 Å². The molecule has 17 heavy (non-hydrogen) atoms. The molecule has 0 aliphatic rings. The lowest BCUT2D eigenvalue weighted by molar-refractivity contribution is 0.577. The lowest BCUT2D eigenvalue weighted by Gasteiger charge is -2.15. The number of rotatable bonds is 4. The van der Waals surface area contributed by atoms with Gasteiger partial charge in [-0.1, -0.05) is 25.1 Å². The summed E-state index contributed by atoms with van der Waals surface area (Å²) in [6.07, 6.45) is 1.11. The Morgan fingerprint density at radius 3 is 2.71 bits per heavy atom. The quantitative estimate of drug-likeness (QED) is 0.842. The molecule has 0 bridgehead atoms. The summed E-state index contributed by atoms with van der Waals surface area (Å²) in [5.41, 5.74) is 4.07. The van der Waals surface area contributed by atoms with E-state index in [2.05, 4.69) is 54.9 Å². The Balaban J connectivity index is 2.38. The van der Waals surface area contributed by atoms with Crippen molar-refractivity contribution in [3.8, 4) is 11.1 Å². The van der Waals surface area contributed by atoms with Gasteiger partial charge in [-0.15, -0.1) is 11.3 Å². The maximum Gasteiger partial charge on any atom is 0.0315 e. The smallest absolute Gasteiger partial charge is 0.0315 e. The van der Waals surface area contributed by atoms with Gasteiger partial charge in [-0.25, -0.2) is 0 Å². The van der Waals surface area contributed by atoms with Crippen molar-refractivity contribution in [2.75, 3.05) is 7.05 Å². The van der Waals surface area contributed by atoms with E-state index in [0.29, 0.717) is 6.04 Å². The molecule has 0 saturated carbocycles. The van der Waals surface area contributed by atoms with Gasteiger partial charge in [0.1, 0.15) is 0 Å². The summed E-state index contributed by atoms with van der Waals surface area (Å²) in [6.45, 7) is 4.39. The Morgan fingerprint density at radius 2 is 2.12 bits per heavy atom. The van der Waals surface area contributed by atoms with Gasteiger partial charge in [0.2, 0.25) is 0 Å². The lowest BCUT2D eigenvalue weighted by Crippen LogP contribution is -2.15. The maximum absolute atomic E-state index is 3.36. The Morgan fingerprint density at radius 1 is 1.29 bits per heavy atom. The zero-order valence-electron chi connectivity index (χ0n) is 10.7. The van der Waals surface area contributed by atoms with Crippen LogP contribution in [0.5, 0.6) is 0 Å². The van der Waals surface area contributed by atoms with Gasteiger partial charge in [0.25, 0.3) is 0 Å². The standard InChI is InChI=1S/C15H19NS/c1-4-15(16-3)13-7-5-6-12(10-13)14-8-9-17-11(14)2/h5-10,15-16H,4H2,1-3H3. The minimum Gasteiger partial charge on any atom is -0.313 e. The summed E-state index contributed by atoms with van der Waals surface area (Å²) in [5, 5.41) is 5.52. The highest BCUT2D eigenvalue weighted by atomic mass is 32.1. The van der Waals surface area contributed by atoms with Crippen LogP contribution in [0.2, 0.25) is 0 Å². The van der Waals surface area contributed by atoms with Crippen molar-refractivity contribution in [1.82, 2.24) is 5.32 Å². The summed E-state index contributed by atoms with van der Waals surface area (Å²) >= 11 is 1.81. The van der Waals surface area contributed by atoms with Gasteiger partial charge < -0.3 is 5.32 Å². The topological polar surface area (TPSA) is 12.0 Å². The molecule has 90 valence electrons. The Labute approximate surface area is 108 Å². The van der Waals surface area contributed by atoms with E-state index >= 15 is 0 Å². The van der Waals surface area contributed by atoms with E-state index < -0.39 is 0 Å². The van der Waals surface area contributed by atoms with Crippen LogP contribution in [0.25, 0.3) is 11.1 Å². The van der Waals surface area contributed by atoms with Crippen molar-refractivity contribution in [3.05, 3.63) is 46.2 Å². The van der Waals surface area contributed by atoms with Gasteiger partial charge in [0.15, 0.2) is 0 Å². The molecule has 2 heteroatoms. The third kappa shape index (κ3) is 2.59. The van der Waals surface area contributed by atoms with Crippen LogP contribution in [0, 0.1) is 6.92 Å². The summed E-state index contributed by atoms with van der Waals surface area (Å²) in [5.74, 6) is 0. The highest BCUT2D eigenvalue weighted by molar-refractivity contribution is 7.10. The van der Waals surface area contributed by atoms with E-state index in [9.17, 15) is 0 Å². The fourth-order valence-corrected chi connectivity index (χ4v) is 2.94. The second-order valence-electron chi connectivity index (χ2n) is 4.27. The number of hydrogen-bond acceptors (Lipinski definition) is 2. The molecule has 1 nitrogen and oxygen atoms in total. The van der Waals surface area contributed by atoms with E-state index in [4.69, 9.17) is 0 Å². The number of aryl methyl sites for hydroxylation is 1. The monoisotopic (exact) mass is 245 g/mol. The van der Waals surface area contributed by atoms with Crippen molar-refractivity contribution >= 4 is 11.3 Å². The predicted molar refractivity (Wildman–Crippen MR) is 76.6 cm³/mol. The Bertz CT molecular complexity index is 483. The van der Waals surface area contributed by atoms with Crippen LogP contribution in [-0.2, 0) is 0 Å². The molecule has 1 unspecified atom stereocenters. The summed E-state index contributed by atoms with van der Waals surface area (Å²) in [7, 11) is 2.02. The average Bonchev–Trinajstić information content (AvgIpc) is 2.77. The first-order valence-electron chi connectivity index (χ1n) is 6.08. The molecule has 1 aromatic carbocycles. The van der Waals surface area contributed by atoms with Crippen LogP contribution >= 0.6 is 11.3 Å². The molecule has 1 N–H and O–H groups in total. The lowest BCUT2D eigenvalue weighted by atomic mass is 9.99. The van der Waals surface area contributed by atoms with Gasteiger partial charge in [-0.3, -0.25) is 0 Å². The summed E-state index contributed by atoms with van der Waals surface area (Å²) < 4.78 is 0. The maximum atomic E-state index is 3.36. The largest absolute Gasteiger partial charge is 0.313 e. The fraction of sp³-hybridized carbons (Fsp3) is 0.333. The third-order valence-electron chi connectivity index (χ3n) is 3.22. The Hall–Kier alpha value is -1.12. The van der Waals surface area contributed by atoms with E-state index in [1.54, 1.807) is 0 Å². The molecular formula is C15H19NS. The minimum absolute atomic E-state index is 0.453. The number of hydrogen-bond donors (Lipinski definition) is 1. The van der Waals surface area contributed by atoms with E-state index in [1.165, 1.54) is 21.6 Å². The molecule has 0 amide bonds. The Kier molecular flexibility index (Phi) is 3.97. The van der Waals surface area contributed by atoms with Crippen LogP contribution in [0.15, 0.2) is 35.7 Å². The second kappa shape index (κ2) is 5.48. The van der Waals surface area contributed by atoms with Gasteiger partial charge in [0, 0.05) is 10.9 Å². The van der Waals surface area contributed by atoms with Crippen LogP contribution in [-0.4, -0.2) is 7.05 Å². The number of benzene rings is 1. The summed E-state index contributed by atoms with van der Waals surface area (Å²) in [4.78, 5) is 1.39. The normalized spacial score (nSPS) is 12.6. The van der Waals surface area contributed by atoms with Crippen LogP contribution < -0.4 is 5.32 Å². The second-order valence-corrected chi connectivity index (χ2v) is 5.39. The molecule has 0 radical (unpaired) electrons. The van der Waals surface area contributed by atoms with E-state index in [-0.39, 0.29) is 0 Å². The fourth-order valence-electron chi connectivity index (χ4n) is 2.21. The third-order valence-corrected chi connectivity index (χ3v) is 4.06. The SMILES string of the molecule is CCC(NC)c1cccc(-c2ccsc2C)c1. The minimum atomic E-state index is 0.453. The molecule has 0 aliphatic heterocycles. The molecule has 1 heterocycles. The van der Waals surface area contributed by atoms with Gasteiger partial charge in [-0.05, 0) is 54.6 Å². The molecule has 1 atom stereocenters. The molecule has 0 saturated heterocycles. The molecule has 1 aromatic heterocycles. The highest BCUT2D eigenvalue weighted by Crippen LogP contribution is 2.29. The van der Waals surface area contributed by atoms with E-state index in [1.807, 2.05) is 18.4 Å². The molecule has 2 rings (SSSR count). The van der Waals surface area contributed by atoms with Crippen LogP contribution in [0.1, 0.15) is 29.8 Å². The predicted octanol–water partition coefficient (Wildman–Crippen LogP) is 4.39. The van der Waals surface area contributed by atoms with Gasteiger partial charge in [-0.2, -0.15) is 0 Å². The zero-order valence-corrected chi connectivity index (χ0v) is 11.5. The zero-order chi connectivity index (χ0) is 12.3. The number of nitrogens with one attached hydrogen (secondary N) is 1. The first kappa shape index (κ1) is 12.3. The van der Waals surface area contributed by atoms with Crippen molar-refractivity contribution in [2.45, 2.75) is 26.3 Å². The molecule has 0 fully saturated rings. The molecule has 0 spiro atoms. The molecule has 0 aliphatic carbocycles. The van der Waals surface area contributed by atoms with Crippen molar-refractivity contribution in [2.24, 2.45) is 0 Å². The highest BCUT2D eigenvalue weighted by Gasteiger charge is 2.08. The first-order chi connectivity index (χ1) is 8.26. The van der Waals surface area contributed by atoms with Crippen LogP contribution in [0.4, 0.5) is 0 Å². The van der Waals surface area contributed by atoms with Crippen molar-refractivity contribution in [1.29, 1.82) is 0 Å². The first-order valence-corrected chi connectivity index (χ1v) is 6.96. The average molecular weight is 245 g/mol. The molecule has 2 aromatic rings. The van der Waals surface area contributed by atoms with Crippen molar-refractivity contribution < 1.29 is 0 Å². The van der Waals surface area contributed by atoms with Crippen molar-refractivity contribution in [3.63, 3.8) is 0 Å². The summed E-state index contributed by atoms with van der Waals surface area (Å²) in [6, 6.07) is 11.5. The van der Waals surface area contributed by atoms with Gasteiger partial charge >= 0.3 is 0 Å². The van der Waals surface area contributed by atoms with E-state index in [0.717, 1.165) is 6.42 Å². The molecular weight excluding hydrogens is 226 g/mol. The number of thiophene rings is 1.